The Morgan fingerprint density at radius 1 is 0.957 bits per heavy atom. The quantitative estimate of drug-likeness (QED) is 0.261. The Labute approximate surface area is 270 Å². The highest BCUT2D eigenvalue weighted by Gasteiger charge is 2.55. The van der Waals surface area contributed by atoms with Crippen molar-refractivity contribution in [1.82, 2.24) is 20.4 Å². The molecular formula is C36H49F2N5O3. The van der Waals surface area contributed by atoms with Crippen molar-refractivity contribution in [3.63, 3.8) is 0 Å². The Bertz CT molecular complexity index is 1450. The highest BCUT2D eigenvalue weighted by atomic mass is 19.3. The Kier molecular flexibility index (Phi) is 8.78. The summed E-state index contributed by atoms with van der Waals surface area (Å²) in [4.78, 5) is 41.6. The summed E-state index contributed by atoms with van der Waals surface area (Å²) in [6.45, 7) is 5.01. The average Bonchev–Trinajstić information content (AvgIpc) is 3.36. The van der Waals surface area contributed by atoms with Gasteiger partial charge in [-0.15, -0.1) is 0 Å². The molecule has 250 valence electrons. The topological polar surface area (TPSA) is 105 Å². The Hall–Kier alpha value is -3.30. The fourth-order valence-corrected chi connectivity index (χ4v) is 8.49. The van der Waals surface area contributed by atoms with E-state index in [9.17, 15) is 23.2 Å². The van der Waals surface area contributed by atoms with Crippen molar-refractivity contribution < 1.29 is 23.2 Å². The van der Waals surface area contributed by atoms with Crippen LogP contribution < -0.4 is 16.0 Å². The Morgan fingerprint density at radius 2 is 1.65 bits per heavy atom. The molecule has 4 aliphatic carbocycles. The Balaban J connectivity index is 1.26. The predicted octanol–water partition coefficient (Wildman–Crippen LogP) is 6.52. The molecule has 4 saturated carbocycles. The lowest BCUT2D eigenvalue weighted by atomic mass is 9.68. The highest BCUT2D eigenvalue weighted by Crippen LogP contribution is 2.58. The van der Waals surface area contributed by atoms with Gasteiger partial charge in [0, 0.05) is 38.3 Å². The van der Waals surface area contributed by atoms with Gasteiger partial charge in [0.15, 0.2) is 0 Å². The van der Waals surface area contributed by atoms with E-state index in [4.69, 9.17) is 0 Å². The number of nitrogens with zero attached hydrogens (tertiary/aromatic N) is 2. The maximum Gasteiger partial charge on any atom is 0.270 e. The standard InChI is InChI=1S/C36H49F2N5O3/c1-33(13-7-14-33)23-39-32(46)35(15-4-5-16-35)25-8-6-9-26(22-25)41-31(45)29(42-30(44)27-12-21-40-43(27)3)28(34(2)19-20-34)24-10-17-36(37,38)18-11-24/h6,8-9,12,21-22,24,28-29H,4-5,7,10-11,13-20,23H2,1-3H3,(H,39,46)(H,41,45)(H,42,44)/t28?,29-/m0/s1. The molecule has 0 aliphatic heterocycles. The minimum atomic E-state index is -2.69. The van der Waals surface area contributed by atoms with Gasteiger partial charge in [-0.25, -0.2) is 8.78 Å². The van der Waals surface area contributed by atoms with E-state index < -0.39 is 23.3 Å². The number of aryl methyl sites for hydroxylation is 1. The fourth-order valence-electron chi connectivity index (χ4n) is 8.49. The molecule has 3 N–H and O–H groups in total. The molecular weight excluding hydrogens is 588 g/mol. The number of carbonyl (C=O) groups is 3. The van der Waals surface area contributed by atoms with Crippen LogP contribution in [0.15, 0.2) is 36.5 Å². The van der Waals surface area contributed by atoms with Crippen molar-refractivity contribution in [3.05, 3.63) is 47.8 Å². The molecule has 0 radical (unpaired) electrons. The largest absolute Gasteiger partial charge is 0.355 e. The van der Waals surface area contributed by atoms with E-state index in [1.807, 2.05) is 24.3 Å². The molecule has 1 unspecified atom stereocenters. The van der Waals surface area contributed by atoms with Crippen molar-refractivity contribution in [3.8, 4) is 0 Å². The number of anilines is 1. The summed E-state index contributed by atoms with van der Waals surface area (Å²) in [7, 11) is 1.67. The molecule has 0 bridgehead atoms. The lowest BCUT2D eigenvalue weighted by molar-refractivity contribution is -0.127. The van der Waals surface area contributed by atoms with Crippen LogP contribution in [0, 0.1) is 22.7 Å². The third-order valence-electron chi connectivity index (χ3n) is 11.9. The van der Waals surface area contributed by atoms with Crippen molar-refractivity contribution >= 4 is 23.4 Å². The summed E-state index contributed by atoms with van der Waals surface area (Å²) in [6, 6.07) is 8.23. The van der Waals surface area contributed by atoms with Gasteiger partial charge in [-0.1, -0.05) is 45.2 Å². The molecule has 46 heavy (non-hydrogen) atoms. The van der Waals surface area contributed by atoms with Crippen LogP contribution >= 0.6 is 0 Å². The monoisotopic (exact) mass is 637 g/mol. The van der Waals surface area contributed by atoms with Crippen molar-refractivity contribution in [2.45, 2.75) is 115 Å². The molecule has 0 saturated heterocycles. The van der Waals surface area contributed by atoms with Gasteiger partial charge in [-0.3, -0.25) is 19.1 Å². The smallest absolute Gasteiger partial charge is 0.270 e. The summed E-state index contributed by atoms with van der Waals surface area (Å²) >= 11 is 0. The molecule has 1 aromatic carbocycles. The van der Waals surface area contributed by atoms with Gasteiger partial charge in [0.05, 0.1) is 5.41 Å². The summed E-state index contributed by atoms with van der Waals surface area (Å²) in [5.41, 5.74) is 1.05. The van der Waals surface area contributed by atoms with E-state index in [0.717, 1.165) is 56.9 Å². The summed E-state index contributed by atoms with van der Waals surface area (Å²) in [5, 5.41) is 13.5. The number of halogens is 2. The van der Waals surface area contributed by atoms with Gasteiger partial charge in [-0.05, 0) is 97.8 Å². The maximum absolute atomic E-state index is 14.3. The van der Waals surface area contributed by atoms with Crippen LogP contribution in [-0.2, 0) is 22.1 Å². The van der Waals surface area contributed by atoms with Crippen LogP contribution in [0.4, 0.5) is 14.5 Å². The van der Waals surface area contributed by atoms with Crippen molar-refractivity contribution in [1.29, 1.82) is 0 Å². The number of hydrogen-bond acceptors (Lipinski definition) is 4. The zero-order valence-corrected chi connectivity index (χ0v) is 27.5. The van der Waals surface area contributed by atoms with E-state index in [1.54, 1.807) is 13.1 Å². The van der Waals surface area contributed by atoms with Gasteiger partial charge in [0.25, 0.3) is 5.91 Å². The normalized spacial score (nSPS) is 23.8. The second-order valence-electron chi connectivity index (χ2n) is 15.4. The van der Waals surface area contributed by atoms with Crippen LogP contribution in [0.3, 0.4) is 0 Å². The van der Waals surface area contributed by atoms with Gasteiger partial charge in [0.2, 0.25) is 17.7 Å². The number of hydrogen-bond donors (Lipinski definition) is 3. The zero-order chi connectivity index (χ0) is 32.7. The first kappa shape index (κ1) is 32.6. The molecule has 10 heteroatoms. The van der Waals surface area contributed by atoms with Gasteiger partial charge < -0.3 is 16.0 Å². The van der Waals surface area contributed by atoms with Crippen molar-refractivity contribution in [2.24, 2.45) is 29.7 Å². The molecule has 2 atom stereocenters. The maximum atomic E-state index is 14.3. The molecule has 1 heterocycles. The van der Waals surface area contributed by atoms with Crippen LogP contribution in [0.5, 0.6) is 0 Å². The number of amides is 3. The lowest BCUT2D eigenvalue weighted by Gasteiger charge is -2.41. The molecule has 8 nitrogen and oxygen atoms in total. The predicted molar refractivity (Wildman–Crippen MR) is 172 cm³/mol. The van der Waals surface area contributed by atoms with Crippen LogP contribution in [0.2, 0.25) is 0 Å². The van der Waals surface area contributed by atoms with Crippen molar-refractivity contribution in [2.75, 3.05) is 11.9 Å². The fraction of sp³-hybridized carbons (Fsp3) is 0.667. The number of nitrogens with one attached hydrogen (secondary N) is 3. The first-order valence-electron chi connectivity index (χ1n) is 17.2. The number of alkyl halides is 2. The minimum Gasteiger partial charge on any atom is -0.355 e. The van der Waals surface area contributed by atoms with Crippen LogP contribution in [-0.4, -0.2) is 46.0 Å². The molecule has 4 aliphatic rings. The second kappa shape index (κ2) is 12.4. The summed E-state index contributed by atoms with van der Waals surface area (Å²) in [5.74, 6) is -3.86. The average molecular weight is 638 g/mol. The molecule has 4 fully saturated rings. The first-order chi connectivity index (χ1) is 21.8. The SMILES string of the molecule is Cn1nccc1C(=O)N[C@H](C(=O)Nc1cccc(C2(C(=O)NCC3(C)CCC3)CCCC2)c1)C(C1CCC(F)(F)CC1)C1(C)CC1. The number of carbonyl (C=O) groups excluding carboxylic acids is 3. The minimum absolute atomic E-state index is 0.0544. The molecule has 6 rings (SSSR count). The third-order valence-corrected chi connectivity index (χ3v) is 11.9. The van der Waals surface area contributed by atoms with Crippen LogP contribution in [0.25, 0.3) is 0 Å². The number of aromatic nitrogens is 2. The van der Waals surface area contributed by atoms with E-state index in [-0.39, 0.29) is 47.3 Å². The molecule has 3 amide bonds. The lowest BCUT2D eigenvalue weighted by Crippen LogP contribution is -2.54. The summed E-state index contributed by atoms with van der Waals surface area (Å²) in [6.07, 6.45) is 10.4. The number of benzene rings is 1. The van der Waals surface area contributed by atoms with E-state index >= 15 is 0 Å². The molecule has 2 aromatic rings. The zero-order valence-electron chi connectivity index (χ0n) is 27.5. The van der Waals surface area contributed by atoms with E-state index in [2.05, 4.69) is 34.9 Å². The second-order valence-corrected chi connectivity index (χ2v) is 15.4. The Morgan fingerprint density at radius 3 is 2.24 bits per heavy atom. The van der Waals surface area contributed by atoms with E-state index in [1.165, 1.54) is 17.3 Å². The third kappa shape index (κ3) is 6.58. The van der Waals surface area contributed by atoms with E-state index in [0.29, 0.717) is 30.8 Å². The first-order valence-corrected chi connectivity index (χ1v) is 17.2. The molecule has 1 aromatic heterocycles. The van der Waals surface area contributed by atoms with Gasteiger partial charge >= 0.3 is 0 Å². The summed E-state index contributed by atoms with van der Waals surface area (Å²) < 4.78 is 29.9. The number of rotatable bonds is 11. The highest BCUT2D eigenvalue weighted by molar-refractivity contribution is 6.01. The molecule has 0 spiro atoms. The van der Waals surface area contributed by atoms with Gasteiger partial charge in [0.1, 0.15) is 11.7 Å². The van der Waals surface area contributed by atoms with Crippen LogP contribution in [0.1, 0.15) is 113 Å². The van der Waals surface area contributed by atoms with Gasteiger partial charge in [-0.2, -0.15) is 5.10 Å².